The van der Waals surface area contributed by atoms with Crippen molar-refractivity contribution >= 4 is 11.7 Å². The number of nitrogens with zero attached hydrogens (tertiary/aromatic N) is 4. The number of oxime groups is 1. The van der Waals surface area contributed by atoms with E-state index < -0.39 is 23.7 Å². The van der Waals surface area contributed by atoms with E-state index in [9.17, 15) is 20.1 Å². The zero-order valence-corrected chi connectivity index (χ0v) is 26.3. The van der Waals surface area contributed by atoms with Crippen LogP contribution in [-0.2, 0) is 9.57 Å². The van der Waals surface area contributed by atoms with Crippen LogP contribution in [0.5, 0.6) is 11.5 Å². The van der Waals surface area contributed by atoms with Crippen molar-refractivity contribution in [3.05, 3.63) is 72.6 Å². The summed E-state index contributed by atoms with van der Waals surface area (Å²) in [5.74, 6) is -1.76. The highest BCUT2D eigenvalue weighted by Gasteiger charge is 2.65. The molecule has 1 saturated carbocycles. The van der Waals surface area contributed by atoms with Crippen LogP contribution in [0.25, 0.3) is 0 Å². The van der Waals surface area contributed by atoms with Crippen molar-refractivity contribution in [2.45, 2.75) is 62.7 Å². The average Bonchev–Trinajstić information content (AvgIpc) is 3.55. The Balaban J connectivity index is 1.79. The molecule has 1 aliphatic heterocycles. The number of ether oxygens (including phenoxy) is 3. The smallest absolute Gasteiger partial charge is 0.355 e. The fourth-order valence-electron chi connectivity index (χ4n) is 7.56. The lowest BCUT2D eigenvalue weighted by molar-refractivity contribution is -0.252. The normalized spacial score (nSPS) is 27.2. The van der Waals surface area contributed by atoms with Crippen LogP contribution in [0, 0.1) is 17.8 Å². The number of carbonyl (C=O) groups is 1. The van der Waals surface area contributed by atoms with Crippen LogP contribution in [0.1, 0.15) is 73.0 Å². The van der Waals surface area contributed by atoms with E-state index >= 15 is 0 Å². The van der Waals surface area contributed by atoms with E-state index in [0.29, 0.717) is 36.7 Å². The van der Waals surface area contributed by atoms with Crippen LogP contribution >= 0.6 is 0 Å². The minimum atomic E-state index is -1.42. The first-order chi connectivity index (χ1) is 22.4. The SMILES string of the molecule is C=CCOc1ccc2c(c1)[C@H]1[C@H](CCCCO)[C@@H](CCCCO)C=C3C(=NOC)C[C@H](n4nncc4C(=O)O)[C@@](OCC=C)(O2)[C@H]31. The lowest BCUT2D eigenvalue weighted by Gasteiger charge is -2.58. The van der Waals surface area contributed by atoms with Gasteiger partial charge in [0, 0.05) is 31.1 Å². The zero-order chi connectivity index (χ0) is 32.7. The number of aromatic carboxylic acids is 1. The van der Waals surface area contributed by atoms with Crippen LogP contribution in [0.2, 0.25) is 0 Å². The van der Waals surface area contributed by atoms with Gasteiger partial charge in [-0.15, -0.1) is 11.7 Å². The second-order valence-corrected chi connectivity index (χ2v) is 11.9. The van der Waals surface area contributed by atoms with Crippen molar-refractivity contribution in [3.63, 3.8) is 0 Å². The second-order valence-electron chi connectivity index (χ2n) is 11.9. The number of carboxylic acid groups (broad SMARTS) is 1. The minimum absolute atomic E-state index is 0.0836. The summed E-state index contributed by atoms with van der Waals surface area (Å²) in [7, 11) is 1.49. The van der Waals surface area contributed by atoms with Gasteiger partial charge in [-0.1, -0.05) is 48.0 Å². The Morgan fingerprint density at radius 1 is 1.15 bits per heavy atom. The van der Waals surface area contributed by atoms with Gasteiger partial charge in [-0.3, -0.25) is 0 Å². The maximum absolute atomic E-state index is 12.4. The van der Waals surface area contributed by atoms with Gasteiger partial charge in [0.05, 0.1) is 24.4 Å². The van der Waals surface area contributed by atoms with Crippen molar-refractivity contribution in [1.29, 1.82) is 0 Å². The van der Waals surface area contributed by atoms with Gasteiger partial charge >= 0.3 is 5.97 Å². The number of benzene rings is 1. The number of hydrogen-bond donors (Lipinski definition) is 3. The molecule has 3 aliphatic rings. The largest absolute Gasteiger partial charge is 0.490 e. The van der Waals surface area contributed by atoms with Crippen LogP contribution in [-0.4, -0.2) is 81.3 Å². The first-order valence-corrected chi connectivity index (χ1v) is 15.9. The summed E-state index contributed by atoms with van der Waals surface area (Å²) >= 11 is 0. The van der Waals surface area contributed by atoms with Crippen LogP contribution in [0.3, 0.4) is 0 Å². The van der Waals surface area contributed by atoms with E-state index in [2.05, 4.69) is 34.7 Å². The number of aliphatic hydroxyl groups excluding tert-OH is 2. The number of aliphatic hydroxyl groups is 2. The highest BCUT2D eigenvalue weighted by atomic mass is 16.7. The van der Waals surface area contributed by atoms with Crippen LogP contribution < -0.4 is 9.47 Å². The lowest BCUT2D eigenvalue weighted by Crippen LogP contribution is -2.63. The number of hydrogen-bond acceptors (Lipinski definition) is 10. The summed E-state index contributed by atoms with van der Waals surface area (Å²) in [6.07, 6.45) is 11.7. The maximum Gasteiger partial charge on any atom is 0.355 e. The van der Waals surface area contributed by atoms with E-state index in [1.54, 1.807) is 12.2 Å². The third kappa shape index (κ3) is 6.33. The monoisotopic (exact) mass is 636 g/mol. The van der Waals surface area contributed by atoms with Crippen LogP contribution in [0.15, 0.2) is 66.5 Å². The minimum Gasteiger partial charge on any atom is -0.490 e. The van der Waals surface area contributed by atoms with Gasteiger partial charge in [-0.25, -0.2) is 9.48 Å². The van der Waals surface area contributed by atoms with Crippen molar-refractivity contribution < 1.29 is 39.2 Å². The van der Waals surface area contributed by atoms with Gasteiger partial charge in [0.15, 0.2) is 5.69 Å². The van der Waals surface area contributed by atoms with E-state index in [-0.39, 0.29) is 49.7 Å². The lowest BCUT2D eigenvalue weighted by atomic mass is 9.55. The van der Waals surface area contributed by atoms with Gasteiger partial charge in [0.1, 0.15) is 31.3 Å². The van der Waals surface area contributed by atoms with E-state index in [1.807, 2.05) is 18.2 Å². The Kier molecular flexibility index (Phi) is 10.9. The molecule has 0 radical (unpaired) electrons. The molecule has 1 aromatic heterocycles. The molecule has 248 valence electrons. The second kappa shape index (κ2) is 15.1. The molecule has 12 heteroatoms. The van der Waals surface area contributed by atoms with Crippen molar-refractivity contribution in [3.8, 4) is 11.5 Å². The summed E-state index contributed by atoms with van der Waals surface area (Å²) in [5, 5.41) is 42.1. The fraction of sp³-hybridized carbons (Fsp3) is 0.529. The summed E-state index contributed by atoms with van der Waals surface area (Å²) < 4.78 is 21.1. The van der Waals surface area contributed by atoms with Gasteiger partial charge in [-0.2, -0.15) is 0 Å². The topological polar surface area (TPSA) is 158 Å². The maximum atomic E-state index is 12.4. The highest BCUT2D eigenvalue weighted by Crippen LogP contribution is 2.63. The molecule has 46 heavy (non-hydrogen) atoms. The molecule has 2 aromatic rings. The molecule has 1 fully saturated rings. The third-order valence-electron chi connectivity index (χ3n) is 9.30. The number of allylic oxidation sites excluding steroid dienone is 1. The number of unbranched alkanes of at least 4 members (excludes halogenated alkanes) is 2. The predicted molar refractivity (Wildman–Crippen MR) is 170 cm³/mol. The summed E-state index contributed by atoms with van der Waals surface area (Å²) in [5.41, 5.74) is 2.41. The molecule has 12 nitrogen and oxygen atoms in total. The van der Waals surface area contributed by atoms with E-state index in [1.165, 1.54) is 18.0 Å². The number of rotatable bonds is 17. The van der Waals surface area contributed by atoms with Gasteiger partial charge in [0.2, 0.25) is 5.79 Å². The Hall–Kier alpha value is -4.00. The molecule has 1 aromatic carbocycles. The Bertz CT molecular complexity index is 1450. The first-order valence-electron chi connectivity index (χ1n) is 15.9. The average molecular weight is 637 g/mol. The molecule has 2 heterocycles. The third-order valence-corrected chi connectivity index (χ3v) is 9.30. The molecule has 3 N–H and O–H groups in total. The van der Waals surface area contributed by atoms with Gasteiger partial charge in [-0.05, 0) is 61.3 Å². The molecule has 0 saturated heterocycles. The molecule has 0 spiro atoms. The predicted octanol–water partition coefficient (Wildman–Crippen LogP) is 4.68. The van der Waals surface area contributed by atoms with Gasteiger partial charge < -0.3 is 34.4 Å². The Morgan fingerprint density at radius 3 is 2.61 bits per heavy atom. The molecule has 0 amide bonds. The molecule has 0 bridgehead atoms. The molecule has 0 unspecified atom stereocenters. The van der Waals surface area contributed by atoms with E-state index in [0.717, 1.165) is 36.8 Å². The quantitative estimate of drug-likeness (QED) is 0.127. The summed E-state index contributed by atoms with van der Waals surface area (Å²) in [6, 6.07) is 4.95. The fourth-order valence-corrected chi connectivity index (χ4v) is 7.56. The molecule has 5 rings (SSSR count). The molecular formula is C34H44N4O8. The molecule has 6 atom stereocenters. The van der Waals surface area contributed by atoms with E-state index in [4.69, 9.17) is 19.0 Å². The first kappa shape index (κ1) is 33.4. The number of aromatic nitrogens is 3. The Morgan fingerprint density at radius 2 is 1.91 bits per heavy atom. The summed E-state index contributed by atoms with van der Waals surface area (Å²) in [6.45, 7) is 8.36. The zero-order valence-electron chi connectivity index (χ0n) is 26.3. The molecule has 2 aliphatic carbocycles. The van der Waals surface area contributed by atoms with Crippen molar-refractivity contribution in [2.75, 3.05) is 33.5 Å². The Labute approximate surface area is 269 Å². The standard InChI is InChI=1S/C34H44N4O8/c1-4-16-44-23-12-13-29-26(19-23)31-24(11-7-9-15-40)22(10-6-8-14-39)18-25-27(36-43-3)20-30(38-28(33(41)42)21-35-37-38)34(46-29,32(25)31)45-17-5-2/h4-5,12-13,18-19,21-22,24,30-32,39-40H,1-2,6-11,14-17,20H2,3H3,(H,41,42)/t22-,24+,30-,31+,32+,34+/m0/s1. The van der Waals surface area contributed by atoms with Crippen molar-refractivity contribution in [1.82, 2.24) is 15.0 Å². The molecular weight excluding hydrogens is 592 g/mol. The highest BCUT2D eigenvalue weighted by molar-refractivity contribution is 6.02. The van der Waals surface area contributed by atoms with Crippen molar-refractivity contribution in [2.24, 2.45) is 22.9 Å². The van der Waals surface area contributed by atoms with Gasteiger partial charge in [0.25, 0.3) is 0 Å². The number of carboxylic acids is 1. The summed E-state index contributed by atoms with van der Waals surface area (Å²) in [4.78, 5) is 17.8. The number of fused-ring (bicyclic) bond motifs is 2. The van der Waals surface area contributed by atoms with Crippen LogP contribution in [0.4, 0.5) is 0 Å².